The molecule has 0 unspecified atom stereocenters. The monoisotopic (exact) mass is 474 g/mol. The number of benzene rings is 2. The molecule has 1 spiro atoms. The third-order valence-corrected chi connectivity index (χ3v) is 7.53. The Labute approximate surface area is 206 Å². The van der Waals surface area contributed by atoms with E-state index < -0.39 is 5.54 Å². The van der Waals surface area contributed by atoms with Gasteiger partial charge in [0.2, 0.25) is 0 Å². The highest BCUT2D eigenvalue weighted by Gasteiger charge is 2.58. The summed E-state index contributed by atoms with van der Waals surface area (Å²) in [6.45, 7) is 6.73. The van der Waals surface area contributed by atoms with Crippen LogP contribution in [-0.2, 0) is 17.8 Å². The summed E-state index contributed by atoms with van der Waals surface area (Å²) in [5.41, 5.74) is 2.70. The smallest absolute Gasteiger partial charge is 0.327 e. The lowest BCUT2D eigenvalue weighted by Gasteiger charge is -2.42. The van der Waals surface area contributed by atoms with Crippen molar-refractivity contribution in [1.82, 2.24) is 19.7 Å². The number of H-pyrrole nitrogens is 1. The van der Waals surface area contributed by atoms with Crippen LogP contribution < -0.4 is 4.74 Å². The number of nitrogens with zero attached hydrogens (tertiary/aromatic N) is 3. The first-order chi connectivity index (χ1) is 16.9. The molecule has 0 aliphatic carbocycles. The predicted octanol–water partition coefficient (Wildman–Crippen LogP) is 4.43. The summed E-state index contributed by atoms with van der Waals surface area (Å²) < 4.78 is 5.26. The number of piperidine rings is 1. The molecular formula is C28H34N4O3. The van der Waals surface area contributed by atoms with Gasteiger partial charge in [-0.05, 0) is 68.3 Å². The van der Waals surface area contributed by atoms with Gasteiger partial charge in [-0.15, -0.1) is 0 Å². The molecule has 1 aromatic heterocycles. The zero-order valence-electron chi connectivity index (χ0n) is 20.8. The van der Waals surface area contributed by atoms with E-state index >= 15 is 0 Å². The quantitative estimate of drug-likeness (QED) is 0.515. The number of methoxy groups -OCH3 is 1. The summed E-state index contributed by atoms with van der Waals surface area (Å²) in [6, 6.07) is 18.1. The summed E-state index contributed by atoms with van der Waals surface area (Å²) in [5, 5.41) is 1.21. The van der Waals surface area contributed by atoms with Gasteiger partial charge in [0.15, 0.2) is 0 Å². The fraction of sp³-hybridized carbons (Fsp3) is 0.429. The van der Waals surface area contributed by atoms with Crippen molar-refractivity contribution in [2.45, 2.75) is 51.2 Å². The minimum absolute atomic E-state index is 0.0301. The van der Waals surface area contributed by atoms with Crippen LogP contribution >= 0.6 is 0 Å². The molecule has 2 aliphatic heterocycles. The molecule has 2 fully saturated rings. The van der Waals surface area contributed by atoms with Crippen LogP contribution in [0.2, 0.25) is 0 Å². The fourth-order valence-electron chi connectivity index (χ4n) is 5.56. The highest BCUT2D eigenvalue weighted by Crippen LogP contribution is 2.38. The van der Waals surface area contributed by atoms with E-state index in [-0.39, 0.29) is 18.0 Å². The summed E-state index contributed by atoms with van der Waals surface area (Å²) >= 11 is 0. The molecule has 2 saturated heterocycles. The maximum absolute atomic E-state index is 13.6. The first-order valence-corrected chi connectivity index (χ1v) is 12.5. The summed E-state index contributed by atoms with van der Waals surface area (Å²) in [7, 11) is 1.65. The molecule has 0 atom stereocenters. The first-order valence-electron chi connectivity index (χ1n) is 12.5. The Balaban J connectivity index is 1.31. The van der Waals surface area contributed by atoms with Crippen LogP contribution in [0.4, 0.5) is 4.79 Å². The second kappa shape index (κ2) is 9.38. The van der Waals surface area contributed by atoms with Crippen LogP contribution in [0, 0.1) is 0 Å². The normalized spacial score (nSPS) is 18.4. The molecule has 2 aliphatic rings. The van der Waals surface area contributed by atoms with Gasteiger partial charge in [-0.1, -0.05) is 30.3 Å². The van der Waals surface area contributed by atoms with Crippen LogP contribution in [0.3, 0.4) is 0 Å². The molecule has 3 aromatic rings. The number of fused-ring (bicyclic) bond motifs is 1. The van der Waals surface area contributed by atoms with Crippen LogP contribution in [-0.4, -0.2) is 69.9 Å². The molecule has 3 heterocycles. The van der Waals surface area contributed by atoms with Crippen molar-refractivity contribution in [1.29, 1.82) is 0 Å². The number of amides is 3. The Hall–Kier alpha value is -3.32. The SMILES string of the molecule is COc1ccc(CCN2C(=O)N(C(C)C)C(=O)C23CCN(Cc2cc4ccccc4[nH]2)CC3)cc1. The third kappa shape index (κ3) is 4.29. The lowest BCUT2D eigenvalue weighted by atomic mass is 9.85. The van der Waals surface area contributed by atoms with Gasteiger partial charge in [0.25, 0.3) is 5.91 Å². The molecule has 0 radical (unpaired) electrons. The zero-order valence-corrected chi connectivity index (χ0v) is 20.8. The molecule has 3 amide bonds. The van der Waals surface area contributed by atoms with Crippen molar-refractivity contribution in [3.05, 3.63) is 65.9 Å². The number of nitrogens with one attached hydrogen (secondary N) is 1. The molecule has 1 N–H and O–H groups in total. The number of hydrogen-bond acceptors (Lipinski definition) is 4. The minimum Gasteiger partial charge on any atom is -0.497 e. The van der Waals surface area contributed by atoms with Crippen molar-refractivity contribution >= 4 is 22.8 Å². The van der Waals surface area contributed by atoms with Crippen molar-refractivity contribution in [2.75, 3.05) is 26.7 Å². The molecule has 7 heteroatoms. The molecule has 7 nitrogen and oxygen atoms in total. The molecule has 0 saturated carbocycles. The number of carbonyl (C=O) groups excluding carboxylic acids is 2. The highest BCUT2D eigenvalue weighted by atomic mass is 16.5. The van der Waals surface area contributed by atoms with E-state index in [2.05, 4.69) is 28.1 Å². The molecule has 35 heavy (non-hydrogen) atoms. The average molecular weight is 475 g/mol. The van der Waals surface area contributed by atoms with E-state index in [0.717, 1.165) is 36.5 Å². The lowest BCUT2D eigenvalue weighted by molar-refractivity contribution is -0.136. The summed E-state index contributed by atoms with van der Waals surface area (Å²) in [6.07, 6.45) is 2.02. The van der Waals surface area contributed by atoms with Crippen LogP contribution in [0.5, 0.6) is 5.75 Å². The van der Waals surface area contributed by atoms with Crippen LogP contribution in [0.1, 0.15) is 37.9 Å². The number of rotatable bonds is 7. The summed E-state index contributed by atoms with van der Waals surface area (Å²) in [4.78, 5) is 36.3. The van der Waals surface area contributed by atoms with E-state index in [1.165, 1.54) is 16.0 Å². The highest BCUT2D eigenvalue weighted by molar-refractivity contribution is 6.07. The van der Waals surface area contributed by atoms with Crippen molar-refractivity contribution < 1.29 is 14.3 Å². The third-order valence-electron chi connectivity index (χ3n) is 7.53. The Kier molecular flexibility index (Phi) is 6.28. The van der Waals surface area contributed by atoms with Crippen molar-refractivity contribution in [2.24, 2.45) is 0 Å². The first kappa shape index (κ1) is 23.4. The van der Waals surface area contributed by atoms with Gasteiger partial charge in [-0.2, -0.15) is 0 Å². The van der Waals surface area contributed by atoms with Gasteiger partial charge in [0, 0.05) is 43.4 Å². The number of imide groups is 1. The summed E-state index contributed by atoms with van der Waals surface area (Å²) in [5.74, 6) is 0.781. The largest absolute Gasteiger partial charge is 0.497 e. The predicted molar refractivity (Wildman–Crippen MR) is 136 cm³/mol. The second-order valence-electron chi connectivity index (χ2n) is 9.99. The number of para-hydroxylation sites is 1. The number of likely N-dealkylation sites (tertiary alicyclic amines) is 1. The van der Waals surface area contributed by atoms with Crippen molar-refractivity contribution in [3.63, 3.8) is 0 Å². The molecular weight excluding hydrogens is 440 g/mol. The van der Waals surface area contributed by atoms with Gasteiger partial charge in [-0.25, -0.2) is 4.79 Å². The topological polar surface area (TPSA) is 68.9 Å². The number of aromatic amines is 1. The Morgan fingerprint density at radius 1 is 1.03 bits per heavy atom. The number of carbonyl (C=O) groups is 2. The molecule has 0 bridgehead atoms. The van der Waals surface area contributed by atoms with E-state index in [1.54, 1.807) is 7.11 Å². The maximum Gasteiger partial charge on any atom is 0.327 e. The lowest BCUT2D eigenvalue weighted by Crippen LogP contribution is -2.56. The van der Waals surface area contributed by atoms with Gasteiger partial charge >= 0.3 is 6.03 Å². The number of hydrogen-bond donors (Lipinski definition) is 1. The van der Waals surface area contributed by atoms with Crippen LogP contribution in [0.15, 0.2) is 54.6 Å². The van der Waals surface area contributed by atoms with E-state index in [0.29, 0.717) is 25.8 Å². The molecule has 2 aromatic carbocycles. The van der Waals surface area contributed by atoms with Crippen LogP contribution in [0.25, 0.3) is 10.9 Å². The van der Waals surface area contributed by atoms with Gasteiger partial charge in [0.1, 0.15) is 11.3 Å². The van der Waals surface area contributed by atoms with Crippen molar-refractivity contribution in [3.8, 4) is 5.75 Å². The maximum atomic E-state index is 13.6. The van der Waals surface area contributed by atoms with Gasteiger partial charge in [-0.3, -0.25) is 14.6 Å². The molecule has 5 rings (SSSR count). The number of aromatic nitrogens is 1. The zero-order chi connectivity index (χ0) is 24.6. The van der Waals surface area contributed by atoms with Gasteiger partial charge in [0.05, 0.1) is 7.11 Å². The average Bonchev–Trinajstić information content (AvgIpc) is 3.35. The van der Waals surface area contributed by atoms with E-state index in [4.69, 9.17) is 4.74 Å². The molecule has 184 valence electrons. The standard InChI is InChI=1S/C28H34N4O3/c1-20(2)32-26(33)28(31(27(32)34)15-12-21-8-10-24(35-3)11-9-21)13-16-30(17-14-28)19-23-18-22-6-4-5-7-25(22)29-23/h4-11,18,20,29H,12-17,19H2,1-3H3. The number of urea groups is 1. The Bertz CT molecular complexity index is 1180. The van der Waals surface area contributed by atoms with E-state index in [9.17, 15) is 9.59 Å². The second-order valence-corrected chi connectivity index (χ2v) is 9.99. The minimum atomic E-state index is -0.745. The van der Waals surface area contributed by atoms with E-state index in [1.807, 2.05) is 55.1 Å². The Morgan fingerprint density at radius 2 is 1.74 bits per heavy atom. The number of ether oxygens (including phenoxy) is 1. The Morgan fingerprint density at radius 3 is 2.40 bits per heavy atom. The fourth-order valence-corrected chi connectivity index (χ4v) is 5.56. The van der Waals surface area contributed by atoms with Gasteiger partial charge < -0.3 is 14.6 Å².